The average molecular weight is 385 g/mol. The zero-order valence-electron chi connectivity index (χ0n) is 16.9. The summed E-state index contributed by atoms with van der Waals surface area (Å²) in [4.78, 5) is 0. The maximum atomic E-state index is 15.3. The van der Waals surface area contributed by atoms with Crippen LogP contribution in [0.5, 0.6) is 5.75 Å². The molecule has 2 aromatic rings. The minimum Gasteiger partial charge on any atom is -0.486 e. The molecule has 2 aliphatic rings. The summed E-state index contributed by atoms with van der Waals surface area (Å²) in [5.41, 5.74) is 0.770. The summed E-state index contributed by atoms with van der Waals surface area (Å²) in [7, 11) is 0. The Bertz CT molecular complexity index is 872. The molecule has 150 valence electrons. The van der Waals surface area contributed by atoms with Crippen LogP contribution >= 0.6 is 0 Å². The van der Waals surface area contributed by atoms with Crippen LogP contribution in [0.3, 0.4) is 0 Å². The first-order valence-electron chi connectivity index (χ1n) is 10.7. The van der Waals surface area contributed by atoms with Gasteiger partial charge < -0.3 is 4.74 Å². The second-order valence-corrected chi connectivity index (χ2v) is 8.80. The molecular formula is C25H30F2O. The van der Waals surface area contributed by atoms with Gasteiger partial charge in [-0.25, -0.2) is 8.78 Å². The van der Waals surface area contributed by atoms with Gasteiger partial charge in [0.2, 0.25) is 0 Å². The van der Waals surface area contributed by atoms with Gasteiger partial charge in [0, 0.05) is 5.39 Å². The van der Waals surface area contributed by atoms with Gasteiger partial charge in [-0.15, -0.1) is 0 Å². The van der Waals surface area contributed by atoms with Crippen molar-refractivity contribution in [2.24, 2.45) is 17.8 Å². The summed E-state index contributed by atoms with van der Waals surface area (Å²) in [5, 5.41) is 1.06. The zero-order chi connectivity index (χ0) is 19.7. The van der Waals surface area contributed by atoms with Crippen molar-refractivity contribution >= 4 is 10.8 Å². The summed E-state index contributed by atoms with van der Waals surface area (Å²) in [6, 6.07) is 6.75. The predicted octanol–water partition coefficient (Wildman–Crippen LogP) is 7.39. The molecule has 2 aliphatic carbocycles. The summed E-state index contributed by atoms with van der Waals surface area (Å²) < 4.78 is 35.2. The van der Waals surface area contributed by atoms with Crippen LogP contribution in [0.2, 0.25) is 0 Å². The van der Waals surface area contributed by atoms with E-state index in [1.165, 1.54) is 31.7 Å². The van der Waals surface area contributed by atoms with Crippen molar-refractivity contribution in [1.29, 1.82) is 0 Å². The molecular weight excluding hydrogens is 354 g/mol. The predicted molar refractivity (Wildman–Crippen MR) is 111 cm³/mol. The van der Waals surface area contributed by atoms with Crippen molar-refractivity contribution in [2.75, 3.05) is 6.61 Å². The fourth-order valence-electron chi connectivity index (χ4n) is 5.37. The molecule has 0 amide bonds. The van der Waals surface area contributed by atoms with Crippen LogP contribution < -0.4 is 4.74 Å². The number of rotatable bonds is 4. The Morgan fingerprint density at radius 1 is 1.04 bits per heavy atom. The summed E-state index contributed by atoms with van der Waals surface area (Å²) >= 11 is 0. The van der Waals surface area contributed by atoms with Gasteiger partial charge in [-0.05, 0) is 85.8 Å². The van der Waals surface area contributed by atoms with Crippen molar-refractivity contribution in [2.45, 2.75) is 58.3 Å². The number of halogens is 2. The van der Waals surface area contributed by atoms with Crippen molar-refractivity contribution in [3.8, 4) is 5.75 Å². The van der Waals surface area contributed by atoms with E-state index in [0.29, 0.717) is 17.4 Å². The highest BCUT2D eigenvalue weighted by Crippen LogP contribution is 2.48. The molecule has 0 heterocycles. The fourth-order valence-corrected chi connectivity index (χ4v) is 5.37. The monoisotopic (exact) mass is 384 g/mol. The molecule has 0 bridgehead atoms. The van der Waals surface area contributed by atoms with E-state index in [1.807, 2.05) is 31.2 Å². The molecule has 0 radical (unpaired) electrons. The molecule has 0 N–H and O–H groups in total. The molecule has 0 aromatic heterocycles. The smallest absolute Gasteiger partial charge is 0.165 e. The first-order chi connectivity index (χ1) is 13.6. The molecule has 4 atom stereocenters. The molecule has 0 saturated heterocycles. The third-order valence-corrected chi connectivity index (χ3v) is 6.92. The minimum atomic E-state index is -0.502. The summed E-state index contributed by atoms with van der Waals surface area (Å²) in [6.07, 6.45) is 10.9. The zero-order valence-corrected chi connectivity index (χ0v) is 16.9. The second-order valence-electron chi connectivity index (χ2n) is 8.80. The quantitative estimate of drug-likeness (QED) is 0.499. The lowest BCUT2D eigenvalue weighted by molar-refractivity contribution is 0.124. The van der Waals surface area contributed by atoms with Gasteiger partial charge in [-0.3, -0.25) is 0 Å². The number of ether oxygens (including phenoxy) is 1. The Kier molecular flexibility index (Phi) is 5.70. The maximum absolute atomic E-state index is 15.3. The first-order valence-corrected chi connectivity index (χ1v) is 10.7. The lowest BCUT2D eigenvalue weighted by atomic mass is 9.64. The third kappa shape index (κ3) is 3.81. The standard InChI is InChI=1S/C25H30F2O/c1-3-4-11-28-24-14-20-9-10-21(25(27)22(20)15-23(24)26)19-8-7-17-12-16(2)5-6-18(17)13-19/h3-4,9-10,14-19H,5-8,11-13H2,1-2H3/b4-3+/t16?,17-,18?,19-/m1/s1. The Labute approximate surface area is 166 Å². The topological polar surface area (TPSA) is 9.23 Å². The van der Waals surface area contributed by atoms with Crippen LogP contribution in [0.25, 0.3) is 10.8 Å². The molecule has 4 rings (SSSR count). The van der Waals surface area contributed by atoms with Gasteiger partial charge in [0.25, 0.3) is 0 Å². The molecule has 2 fully saturated rings. The summed E-state index contributed by atoms with van der Waals surface area (Å²) in [6.45, 7) is 4.55. The van der Waals surface area contributed by atoms with E-state index in [9.17, 15) is 4.39 Å². The fraction of sp³-hybridized carbons (Fsp3) is 0.520. The number of hydrogen-bond donors (Lipinski definition) is 0. The Hall–Kier alpha value is -1.90. The van der Waals surface area contributed by atoms with E-state index in [2.05, 4.69) is 6.92 Å². The van der Waals surface area contributed by atoms with Gasteiger partial charge in [0.15, 0.2) is 11.6 Å². The van der Waals surface area contributed by atoms with E-state index in [1.54, 1.807) is 6.07 Å². The normalized spacial score (nSPS) is 27.9. The lowest BCUT2D eigenvalue weighted by Crippen LogP contribution is -2.29. The van der Waals surface area contributed by atoms with Gasteiger partial charge in [0.05, 0.1) is 0 Å². The molecule has 1 nitrogen and oxygen atoms in total. The van der Waals surface area contributed by atoms with Gasteiger partial charge in [-0.1, -0.05) is 37.6 Å². The van der Waals surface area contributed by atoms with Crippen molar-refractivity contribution in [1.82, 2.24) is 0 Å². The highest BCUT2D eigenvalue weighted by atomic mass is 19.1. The van der Waals surface area contributed by atoms with Crippen molar-refractivity contribution in [3.63, 3.8) is 0 Å². The molecule has 2 saturated carbocycles. The van der Waals surface area contributed by atoms with Gasteiger partial charge in [-0.2, -0.15) is 0 Å². The number of fused-ring (bicyclic) bond motifs is 2. The second kappa shape index (κ2) is 8.23. The minimum absolute atomic E-state index is 0.176. The number of benzene rings is 2. The van der Waals surface area contributed by atoms with Crippen LogP contribution in [0, 0.1) is 29.4 Å². The number of hydrogen-bond acceptors (Lipinski definition) is 1. The van der Waals surface area contributed by atoms with Crippen molar-refractivity contribution in [3.05, 3.63) is 53.6 Å². The van der Waals surface area contributed by atoms with Crippen LogP contribution in [0.1, 0.15) is 63.9 Å². The summed E-state index contributed by atoms with van der Waals surface area (Å²) in [5.74, 6) is 2.06. The molecule has 2 aromatic carbocycles. The molecule has 2 unspecified atom stereocenters. The van der Waals surface area contributed by atoms with Crippen LogP contribution in [0.15, 0.2) is 36.4 Å². The van der Waals surface area contributed by atoms with E-state index < -0.39 is 5.82 Å². The molecule has 0 spiro atoms. The Morgan fingerprint density at radius 2 is 1.82 bits per heavy atom. The maximum Gasteiger partial charge on any atom is 0.165 e. The SMILES string of the molecule is C/C=C/COc1cc2ccc([C@@H]3CC[C@@H]4CC(C)CCC4C3)c(F)c2cc1F. The molecule has 3 heteroatoms. The van der Waals surface area contributed by atoms with Gasteiger partial charge >= 0.3 is 0 Å². The Morgan fingerprint density at radius 3 is 2.64 bits per heavy atom. The third-order valence-electron chi connectivity index (χ3n) is 6.92. The molecule has 0 aliphatic heterocycles. The first kappa shape index (κ1) is 19.4. The van der Waals surface area contributed by atoms with E-state index in [4.69, 9.17) is 4.74 Å². The van der Waals surface area contributed by atoms with Crippen LogP contribution in [0.4, 0.5) is 8.78 Å². The highest BCUT2D eigenvalue weighted by Gasteiger charge is 2.35. The Balaban J connectivity index is 1.58. The van der Waals surface area contributed by atoms with Crippen LogP contribution in [-0.4, -0.2) is 6.61 Å². The van der Waals surface area contributed by atoms with E-state index in [0.717, 1.165) is 36.2 Å². The van der Waals surface area contributed by atoms with Gasteiger partial charge in [0.1, 0.15) is 12.4 Å². The molecule has 28 heavy (non-hydrogen) atoms. The highest BCUT2D eigenvalue weighted by molar-refractivity contribution is 5.85. The lowest BCUT2D eigenvalue weighted by Gasteiger charge is -2.41. The largest absolute Gasteiger partial charge is 0.486 e. The van der Waals surface area contributed by atoms with E-state index in [-0.39, 0.29) is 17.5 Å². The average Bonchev–Trinajstić information content (AvgIpc) is 2.69. The van der Waals surface area contributed by atoms with Crippen molar-refractivity contribution < 1.29 is 13.5 Å². The number of allylic oxidation sites excluding steroid dienone is 1. The van der Waals surface area contributed by atoms with Crippen LogP contribution in [-0.2, 0) is 0 Å². The van der Waals surface area contributed by atoms with E-state index >= 15 is 4.39 Å².